The maximum Gasteiger partial charge on any atom is 0.119 e. The summed E-state index contributed by atoms with van der Waals surface area (Å²) in [5.74, 6) is 1.14. The summed E-state index contributed by atoms with van der Waals surface area (Å²) in [6.45, 7) is 4.50. The largest absolute Gasteiger partial charge is 0.353 e. The van der Waals surface area contributed by atoms with Crippen molar-refractivity contribution in [3.8, 4) is 5.69 Å². The van der Waals surface area contributed by atoms with Gasteiger partial charge in [0, 0.05) is 19.0 Å². The third kappa shape index (κ3) is 1.87. The molecule has 0 radical (unpaired) electrons. The Hall–Kier alpha value is -3.27. The van der Waals surface area contributed by atoms with Gasteiger partial charge in [0.2, 0.25) is 0 Å². The van der Waals surface area contributed by atoms with Crippen LogP contribution in [0.4, 0.5) is 17.1 Å². The smallest absolute Gasteiger partial charge is 0.119 e. The second-order valence-electron chi connectivity index (χ2n) is 7.86. The van der Waals surface area contributed by atoms with E-state index in [0.717, 1.165) is 17.8 Å². The number of hydrogen-bond donors (Lipinski definition) is 0. The Morgan fingerprint density at radius 2 is 1.64 bits per heavy atom. The quantitative estimate of drug-likeness (QED) is 0.409. The number of para-hydroxylation sites is 4. The number of imidazole rings is 1. The van der Waals surface area contributed by atoms with Crippen molar-refractivity contribution < 1.29 is 0 Å². The molecule has 138 valence electrons. The Balaban J connectivity index is 1.60. The zero-order valence-electron chi connectivity index (χ0n) is 16.3. The van der Waals surface area contributed by atoms with Gasteiger partial charge in [0.25, 0.3) is 0 Å². The van der Waals surface area contributed by atoms with Crippen molar-refractivity contribution in [2.45, 2.75) is 26.4 Å². The minimum absolute atomic E-state index is 0.271. The molecule has 4 aromatic rings. The first-order chi connectivity index (χ1) is 13.6. The maximum absolute atomic E-state index is 4.92. The first-order valence-electron chi connectivity index (χ1n) is 9.85. The van der Waals surface area contributed by atoms with Gasteiger partial charge < -0.3 is 9.80 Å². The fourth-order valence-corrected chi connectivity index (χ4v) is 4.93. The zero-order chi connectivity index (χ0) is 19.0. The fourth-order valence-electron chi connectivity index (χ4n) is 4.93. The molecule has 0 spiro atoms. The van der Waals surface area contributed by atoms with Crippen LogP contribution in [0.15, 0.2) is 60.7 Å². The van der Waals surface area contributed by atoms with Crippen molar-refractivity contribution in [1.29, 1.82) is 0 Å². The van der Waals surface area contributed by atoms with E-state index in [1.165, 1.54) is 39.4 Å². The minimum Gasteiger partial charge on any atom is -0.353 e. The topological polar surface area (TPSA) is 24.3 Å². The van der Waals surface area contributed by atoms with Crippen molar-refractivity contribution in [2.24, 2.45) is 0 Å². The molecular formula is C24H22N4. The second kappa shape index (κ2) is 5.38. The van der Waals surface area contributed by atoms with Crippen LogP contribution in [-0.4, -0.2) is 22.8 Å². The van der Waals surface area contributed by atoms with Crippen LogP contribution in [0.3, 0.4) is 0 Å². The van der Waals surface area contributed by atoms with Crippen LogP contribution in [-0.2, 0) is 6.42 Å². The Morgan fingerprint density at radius 3 is 2.50 bits per heavy atom. The van der Waals surface area contributed by atoms with E-state index in [-0.39, 0.29) is 6.17 Å². The predicted molar refractivity (Wildman–Crippen MR) is 115 cm³/mol. The van der Waals surface area contributed by atoms with Gasteiger partial charge in [-0.1, -0.05) is 30.3 Å². The molecule has 28 heavy (non-hydrogen) atoms. The van der Waals surface area contributed by atoms with Gasteiger partial charge in [0.1, 0.15) is 12.0 Å². The van der Waals surface area contributed by atoms with Gasteiger partial charge in [0.15, 0.2) is 0 Å². The van der Waals surface area contributed by atoms with E-state index in [0.29, 0.717) is 0 Å². The standard InChI is InChI=1S/C24H22N4/c1-15-12-13-19-17(14-23-25-18-8-4-5-9-20(18)28(19)23)24(15)27-16(2)26(3)21-10-6-7-11-22(21)27/h4-13,16H,14H2,1-3H3/t16-/m0/s1. The Morgan fingerprint density at radius 1 is 0.893 bits per heavy atom. The summed E-state index contributed by atoms with van der Waals surface area (Å²) in [7, 11) is 2.18. The number of fused-ring (bicyclic) bond motifs is 6. The number of benzene rings is 3. The van der Waals surface area contributed by atoms with E-state index in [1.807, 2.05) is 0 Å². The summed E-state index contributed by atoms with van der Waals surface area (Å²) in [5, 5.41) is 0. The maximum atomic E-state index is 4.92. The highest BCUT2D eigenvalue weighted by Gasteiger charge is 2.35. The van der Waals surface area contributed by atoms with Crippen molar-refractivity contribution >= 4 is 28.1 Å². The third-order valence-corrected chi connectivity index (χ3v) is 6.36. The summed E-state index contributed by atoms with van der Waals surface area (Å²) in [5.41, 5.74) is 10.1. The van der Waals surface area contributed by atoms with Crippen LogP contribution in [0.1, 0.15) is 23.9 Å². The molecule has 0 amide bonds. The van der Waals surface area contributed by atoms with Crippen molar-refractivity contribution in [2.75, 3.05) is 16.8 Å². The molecule has 4 nitrogen and oxygen atoms in total. The molecule has 1 aromatic heterocycles. The van der Waals surface area contributed by atoms with E-state index in [4.69, 9.17) is 4.98 Å². The van der Waals surface area contributed by atoms with Crippen molar-refractivity contribution in [1.82, 2.24) is 9.55 Å². The van der Waals surface area contributed by atoms with Gasteiger partial charge in [-0.05, 0) is 49.7 Å². The normalized spacial score (nSPS) is 17.2. The number of aryl methyl sites for hydroxylation is 1. The molecule has 0 saturated heterocycles. The first kappa shape index (κ1) is 15.8. The molecule has 3 aromatic carbocycles. The molecule has 0 aliphatic carbocycles. The molecule has 0 fully saturated rings. The van der Waals surface area contributed by atoms with Crippen molar-refractivity contribution in [3.63, 3.8) is 0 Å². The number of nitrogens with zero attached hydrogens (tertiary/aromatic N) is 4. The van der Waals surface area contributed by atoms with Crippen LogP contribution in [0.25, 0.3) is 16.7 Å². The van der Waals surface area contributed by atoms with Gasteiger partial charge in [-0.2, -0.15) is 0 Å². The number of rotatable bonds is 1. The second-order valence-corrected chi connectivity index (χ2v) is 7.86. The first-order valence-corrected chi connectivity index (χ1v) is 9.85. The summed E-state index contributed by atoms with van der Waals surface area (Å²) >= 11 is 0. The lowest BCUT2D eigenvalue weighted by molar-refractivity contribution is 0.730. The molecule has 6 rings (SSSR count). The summed E-state index contributed by atoms with van der Waals surface area (Å²) in [4.78, 5) is 9.77. The summed E-state index contributed by atoms with van der Waals surface area (Å²) < 4.78 is 2.34. The molecule has 0 N–H and O–H groups in total. The van der Waals surface area contributed by atoms with E-state index in [9.17, 15) is 0 Å². The molecule has 2 aliphatic rings. The van der Waals surface area contributed by atoms with Crippen LogP contribution in [0.2, 0.25) is 0 Å². The number of aromatic nitrogens is 2. The fraction of sp³-hybridized carbons (Fsp3) is 0.208. The molecule has 1 atom stereocenters. The van der Waals surface area contributed by atoms with E-state index in [2.05, 4.69) is 95.9 Å². The van der Waals surface area contributed by atoms with Gasteiger partial charge in [-0.3, -0.25) is 4.57 Å². The van der Waals surface area contributed by atoms with Gasteiger partial charge >= 0.3 is 0 Å². The van der Waals surface area contributed by atoms with Gasteiger partial charge in [0.05, 0.1) is 33.8 Å². The Bertz CT molecular complexity index is 1250. The lowest BCUT2D eigenvalue weighted by Crippen LogP contribution is -2.36. The third-order valence-electron chi connectivity index (χ3n) is 6.36. The zero-order valence-corrected chi connectivity index (χ0v) is 16.3. The summed E-state index contributed by atoms with van der Waals surface area (Å²) in [6.07, 6.45) is 1.14. The lowest BCUT2D eigenvalue weighted by Gasteiger charge is -2.30. The highest BCUT2D eigenvalue weighted by Crippen LogP contribution is 2.48. The Kier molecular flexibility index (Phi) is 3.03. The SMILES string of the molecule is Cc1ccc2c(c1N1c3ccccc3N(C)[C@@H]1C)Cc1nc3ccccc3n1-2. The molecule has 4 heteroatoms. The monoisotopic (exact) mass is 366 g/mol. The van der Waals surface area contributed by atoms with Crippen LogP contribution < -0.4 is 9.80 Å². The van der Waals surface area contributed by atoms with E-state index >= 15 is 0 Å². The lowest BCUT2D eigenvalue weighted by atomic mass is 10.0. The molecule has 3 heterocycles. The Labute approximate surface area is 164 Å². The predicted octanol–water partition coefficient (Wildman–Crippen LogP) is 5.17. The number of hydrogen-bond acceptors (Lipinski definition) is 3. The summed E-state index contributed by atoms with van der Waals surface area (Å²) in [6, 6.07) is 21.6. The highest BCUT2D eigenvalue weighted by atomic mass is 15.4. The average molecular weight is 366 g/mol. The van der Waals surface area contributed by atoms with Gasteiger partial charge in [-0.15, -0.1) is 0 Å². The van der Waals surface area contributed by atoms with Crippen LogP contribution in [0.5, 0.6) is 0 Å². The van der Waals surface area contributed by atoms with Crippen molar-refractivity contribution in [3.05, 3.63) is 77.6 Å². The van der Waals surface area contributed by atoms with E-state index in [1.54, 1.807) is 0 Å². The molecular weight excluding hydrogens is 344 g/mol. The van der Waals surface area contributed by atoms with Crippen LogP contribution in [0, 0.1) is 6.92 Å². The van der Waals surface area contributed by atoms with Gasteiger partial charge in [-0.25, -0.2) is 4.98 Å². The average Bonchev–Trinajstić information content (AvgIpc) is 3.32. The highest BCUT2D eigenvalue weighted by molar-refractivity contribution is 5.88. The molecule has 0 bridgehead atoms. The van der Waals surface area contributed by atoms with E-state index < -0.39 is 0 Å². The minimum atomic E-state index is 0.271. The molecule has 2 aliphatic heterocycles. The molecule has 0 unspecified atom stereocenters. The van der Waals surface area contributed by atoms with Crippen LogP contribution >= 0.6 is 0 Å². The molecule has 0 saturated carbocycles. The number of anilines is 3.